The lowest BCUT2D eigenvalue weighted by atomic mass is 10.0. The third kappa shape index (κ3) is 3.40. The van der Waals surface area contributed by atoms with Crippen molar-refractivity contribution < 1.29 is 13.9 Å². The molecule has 2 atom stereocenters. The molecule has 0 saturated heterocycles. The van der Waals surface area contributed by atoms with Crippen LogP contribution in [0.5, 0.6) is 0 Å². The summed E-state index contributed by atoms with van der Waals surface area (Å²) in [7, 11) is 0. The second-order valence-electron chi connectivity index (χ2n) is 3.84. The molecule has 1 fully saturated rings. The number of halogens is 2. The van der Waals surface area contributed by atoms with Crippen LogP contribution in [0.15, 0.2) is 0 Å². The number of alkyl halides is 2. The first-order valence-corrected chi connectivity index (χ1v) is 5.21. The minimum atomic E-state index is -2.41. The maximum absolute atomic E-state index is 12.3. The Morgan fingerprint density at radius 2 is 2.20 bits per heavy atom. The SMILES string of the molecule is N#CC1CCCC1N(CCO)CC(F)F. The van der Waals surface area contributed by atoms with Crippen molar-refractivity contribution in [2.75, 3.05) is 19.7 Å². The molecular formula is C10H16F2N2O. The van der Waals surface area contributed by atoms with Gasteiger partial charge in [0, 0.05) is 12.6 Å². The molecule has 0 bridgehead atoms. The normalized spacial score (nSPS) is 26.1. The Labute approximate surface area is 88.3 Å². The molecule has 5 heteroatoms. The number of aliphatic hydroxyl groups excluding tert-OH is 1. The van der Waals surface area contributed by atoms with E-state index in [1.54, 1.807) is 4.90 Å². The molecule has 1 aliphatic rings. The van der Waals surface area contributed by atoms with E-state index in [4.69, 9.17) is 10.4 Å². The fourth-order valence-electron chi connectivity index (χ4n) is 2.23. The molecule has 1 rings (SSSR count). The summed E-state index contributed by atoms with van der Waals surface area (Å²) >= 11 is 0. The first-order chi connectivity index (χ1) is 7.19. The van der Waals surface area contributed by atoms with Crippen LogP contribution in [0.1, 0.15) is 19.3 Å². The number of aliphatic hydroxyl groups is 1. The third-order valence-electron chi connectivity index (χ3n) is 2.87. The lowest BCUT2D eigenvalue weighted by Gasteiger charge is -2.29. The Hall–Kier alpha value is -0.730. The maximum atomic E-state index is 12.3. The van der Waals surface area contributed by atoms with E-state index in [0.717, 1.165) is 19.3 Å². The van der Waals surface area contributed by atoms with Gasteiger partial charge in [-0.15, -0.1) is 0 Å². The number of hydrogen-bond acceptors (Lipinski definition) is 3. The highest BCUT2D eigenvalue weighted by molar-refractivity contribution is 4.97. The first-order valence-electron chi connectivity index (χ1n) is 5.21. The Bertz CT molecular complexity index is 230. The van der Waals surface area contributed by atoms with E-state index in [1.807, 2.05) is 0 Å². The van der Waals surface area contributed by atoms with Gasteiger partial charge in [0.15, 0.2) is 0 Å². The summed E-state index contributed by atoms with van der Waals surface area (Å²) in [6.07, 6.45) is 0.0715. The number of rotatable bonds is 5. The second kappa shape index (κ2) is 5.99. The zero-order valence-electron chi connectivity index (χ0n) is 8.57. The molecule has 86 valence electrons. The predicted molar refractivity (Wildman–Crippen MR) is 51.4 cm³/mol. The van der Waals surface area contributed by atoms with Gasteiger partial charge in [-0.3, -0.25) is 4.90 Å². The molecule has 0 aliphatic heterocycles. The van der Waals surface area contributed by atoms with Crippen LogP contribution in [0, 0.1) is 17.2 Å². The quantitative estimate of drug-likeness (QED) is 0.755. The average molecular weight is 218 g/mol. The van der Waals surface area contributed by atoms with E-state index in [-0.39, 0.29) is 31.7 Å². The second-order valence-corrected chi connectivity index (χ2v) is 3.84. The zero-order valence-corrected chi connectivity index (χ0v) is 8.57. The van der Waals surface area contributed by atoms with Crippen molar-refractivity contribution in [2.24, 2.45) is 5.92 Å². The van der Waals surface area contributed by atoms with Crippen molar-refractivity contribution in [2.45, 2.75) is 31.7 Å². The summed E-state index contributed by atoms with van der Waals surface area (Å²) in [5.74, 6) is -0.157. The largest absolute Gasteiger partial charge is 0.395 e. The van der Waals surface area contributed by atoms with Crippen molar-refractivity contribution in [3.8, 4) is 6.07 Å². The number of nitriles is 1. The topological polar surface area (TPSA) is 47.3 Å². The van der Waals surface area contributed by atoms with Gasteiger partial charge >= 0.3 is 0 Å². The third-order valence-corrected chi connectivity index (χ3v) is 2.87. The van der Waals surface area contributed by atoms with Gasteiger partial charge in [-0.25, -0.2) is 8.78 Å². The Morgan fingerprint density at radius 3 is 2.73 bits per heavy atom. The minimum Gasteiger partial charge on any atom is -0.395 e. The van der Waals surface area contributed by atoms with Crippen molar-refractivity contribution >= 4 is 0 Å². The molecule has 0 aromatic rings. The number of hydrogen-bond donors (Lipinski definition) is 1. The van der Waals surface area contributed by atoms with Gasteiger partial charge < -0.3 is 5.11 Å². The van der Waals surface area contributed by atoms with Crippen molar-refractivity contribution in [1.29, 1.82) is 5.26 Å². The molecule has 2 unspecified atom stereocenters. The summed E-state index contributed by atoms with van der Waals surface area (Å²) in [4.78, 5) is 1.55. The van der Waals surface area contributed by atoms with Crippen LogP contribution in [0.2, 0.25) is 0 Å². The molecule has 0 aromatic heterocycles. The highest BCUT2D eigenvalue weighted by atomic mass is 19.3. The van der Waals surface area contributed by atoms with Crippen molar-refractivity contribution in [3.63, 3.8) is 0 Å². The van der Waals surface area contributed by atoms with Gasteiger partial charge in [0.2, 0.25) is 0 Å². The molecule has 1 N–H and O–H groups in total. The van der Waals surface area contributed by atoms with Crippen LogP contribution in [-0.2, 0) is 0 Å². The molecular weight excluding hydrogens is 202 g/mol. The van der Waals surface area contributed by atoms with E-state index in [0.29, 0.717) is 0 Å². The van der Waals surface area contributed by atoms with Crippen LogP contribution >= 0.6 is 0 Å². The Kier molecular flexibility index (Phi) is 4.92. The minimum absolute atomic E-state index is 0.101. The molecule has 3 nitrogen and oxygen atoms in total. The van der Waals surface area contributed by atoms with E-state index < -0.39 is 6.43 Å². The average Bonchev–Trinajstić information content (AvgIpc) is 2.64. The van der Waals surface area contributed by atoms with E-state index in [9.17, 15) is 8.78 Å². The summed E-state index contributed by atoms with van der Waals surface area (Å²) in [5.41, 5.74) is 0. The van der Waals surface area contributed by atoms with Crippen LogP contribution in [0.3, 0.4) is 0 Å². The molecule has 0 amide bonds. The maximum Gasteiger partial charge on any atom is 0.251 e. The van der Waals surface area contributed by atoms with E-state index >= 15 is 0 Å². The summed E-state index contributed by atoms with van der Waals surface area (Å²) in [6.45, 7) is -0.252. The molecule has 0 aromatic carbocycles. The molecule has 15 heavy (non-hydrogen) atoms. The molecule has 0 radical (unpaired) electrons. The summed E-state index contributed by atoms with van der Waals surface area (Å²) in [6, 6.07) is 2.06. The van der Waals surface area contributed by atoms with Crippen LogP contribution in [-0.4, -0.2) is 42.2 Å². The highest BCUT2D eigenvalue weighted by Crippen LogP contribution is 2.29. The van der Waals surface area contributed by atoms with Crippen molar-refractivity contribution in [3.05, 3.63) is 0 Å². The molecule has 0 spiro atoms. The zero-order chi connectivity index (χ0) is 11.3. The van der Waals surface area contributed by atoms with Crippen LogP contribution in [0.4, 0.5) is 8.78 Å². The smallest absolute Gasteiger partial charge is 0.251 e. The summed E-state index contributed by atoms with van der Waals surface area (Å²) in [5, 5.41) is 17.7. The molecule has 1 aliphatic carbocycles. The fourth-order valence-corrected chi connectivity index (χ4v) is 2.23. The fraction of sp³-hybridized carbons (Fsp3) is 0.900. The molecule has 0 heterocycles. The Balaban J connectivity index is 2.58. The lowest BCUT2D eigenvalue weighted by Crippen LogP contribution is -2.42. The first kappa shape index (κ1) is 12.3. The van der Waals surface area contributed by atoms with Crippen molar-refractivity contribution in [1.82, 2.24) is 4.90 Å². The highest BCUT2D eigenvalue weighted by Gasteiger charge is 2.32. The van der Waals surface area contributed by atoms with Gasteiger partial charge in [-0.05, 0) is 12.8 Å². The van der Waals surface area contributed by atoms with Gasteiger partial charge in [-0.2, -0.15) is 5.26 Å². The van der Waals surface area contributed by atoms with Gasteiger partial charge in [0.1, 0.15) is 0 Å². The summed E-state index contributed by atoms with van der Waals surface area (Å²) < 4.78 is 24.6. The van der Waals surface area contributed by atoms with Gasteiger partial charge in [0.05, 0.1) is 25.1 Å². The monoisotopic (exact) mass is 218 g/mol. The standard InChI is InChI=1S/C10H16F2N2O/c11-10(12)7-14(4-5-15)9-3-1-2-8(9)6-13/h8-10,15H,1-5,7H2. The van der Waals surface area contributed by atoms with Gasteiger partial charge in [0.25, 0.3) is 6.43 Å². The predicted octanol–water partition coefficient (Wildman–Crippen LogP) is 1.24. The van der Waals surface area contributed by atoms with Crippen LogP contribution in [0.25, 0.3) is 0 Å². The van der Waals surface area contributed by atoms with Gasteiger partial charge in [-0.1, -0.05) is 6.42 Å². The van der Waals surface area contributed by atoms with E-state index in [2.05, 4.69) is 6.07 Å². The number of nitrogens with zero attached hydrogens (tertiary/aromatic N) is 2. The van der Waals surface area contributed by atoms with Crippen LogP contribution < -0.4 is 0 Å². The lowest BCUT2D eigenvalue weighted by molar-refractivity contribution is 0.0497. The Morgan fingerprint density at radius 1 is 1.47 bits per heavy atom. The van der Waals surface area contributed by atoms with E-state index in [1.165, 1.54) is 0 Å². The molecule has 1 saturated carbocycles.